The second-order valence-electron chi connectivity index (χ2n) is 9.74. The Labute approximate surface area is 177 Å². The van der Waals surface area contributed by atoms with Gasteiger partial charge in [0.1, 0.15) is 5.60 Å². The van der Waals surface area contributed by atoms with Gasteiger partial charge in [0.15, 0.2) is 0 Å². The molecule has 0 atom stereocenters. The molecule has 0 N–H and O–H groups in total. The first-order valence-corrected chi connectivity index (χ1v) is 10.7. The predicted octanol–water partition coefficient (Wildman–Crippen LogP) is 5.55. The number of ether oxygens (including phenoxy) is 1. The van der Waals surface area contributed by atoms with Crippen LogP contribution < -0.4 is 0 Å². The van der Waals surface area contributed by atoms with Crippen LogP contribution in [0.1, 0.15) is 68.2 Å². The molecule has 1 aliphatic heterocycles. The van der Waals surface area contributed by atoms with Gasteiger partial charge in [-0.05, 0) is 79.7 Å². The second kappa shape index (κ2) is 8.76. The zero-order chi connectivity index (χ0) is 22.0. The average molecular weight is 402 g/mol. The molecule has 1 aliphatic carbocycles. The van der Waals surface area contributed by atoms with Gasteiger partial charge in [0.2, 0.25) is 0 Å². The van der Waals surface area contributed by atoms with Crippen molar-refractivity contribution in [3.63, 3.8) is 0 Å². The fourth-order valence-electron chi connectivity index (χ4n) is 4.11. The van der Waals surface area contributed by atoms with E-state index in [-0.39, 0.29) is 11.6 Å². The van der Waals surface area contributed by atoms with Crippen LogP contribution >= 0.6 is 0 Å². The molecule has 2 fully saturated rings. The number of amides is 1. The van der Waals surface area contributed by atoms with Gasteiger partial charge in [-0.3, -0.25) is 9.89 Å². The zero-order valence-corrected chi connectivity index (χ0v) is 19.6. The van der Waals surface area contributed by atoms with Gasteiger partial charge in [0.05, 0.1) is 5.54 Å². The van der Waals surface area contributed by atoms with E-state index in [2.05, 4.69) is 57.2 Å². The van der Waals surface area contributed by atoms with Crippen molar-refractivity contribution >= 4 is 11.8 Å². The van der Waals surface area contributed by atoms with Crippen LogP contribution in [-0.4, -0.2) is 52.4 Å². The normalized spacial score (nSPS) is 21.7. The summed E-state index contributed by atoms with van der Waals surface area (Å²) >= 11 is 0. The van der Waals surface area contributed by atoms with Crippen molar-refractivity contribution in [3.05, 3.63) is 35.7 Å². The van der Waals surface area contributed by atoms with Gasteiger partial charge in [0.25, 0.3) is 0 Å². The molecule has 2 rings (SSSR count). The summed E-state index contributed by atoms with van der Waals surface area (Å²) in [4.78, 5) is 21.5. The Morgan fingerprint density at radius 2 is 1.83 bits per heavy atom. The van der Waals surface area contributed by atoms with E-state index < -0.39 is 5.60 Å². The number of nitrogens with zero attached hydrogens (tertiary/aromatic N) is 3. The first-order chi connectivity index (χ1) is 13.4. The Morgan fingerprint density at radius 1 is 1.21 bits per heavy atom. The molecule has 0 radical (unpaired) electrons. The highest BCUT2D eigenvalue weighted by atomic mass is 16.6. The van der Waals surface area contributed by atoms with E-state index in [4.69, 9.17) is 4.74 Å². The number of carbonyl (C=O) groups excluding carboxylic acids is 1. The minimum Gasteiger partial charge on any atom is -0.444 e. The van der Waals surface area contributed by atoms with Crippen LogP contribution in [0.4, 0.5) is 4.79 Å². The van der Waals surface area contributed by atoms with Crippen molar-refractivity contribution in [3.8, 4) is 0 Å². The minimum absolute atomic E-state index is 0.236. The van der Waals surface area contributed by atoms with Crippen LogP contribution in [-0.2, 0) is 4.74 Å². The van der Waals surface area contributed by atoms with E-state index in [1.54, 1.807) is 6.20 Å². The molecule has 162 valence electrons. The standard InChI is InChI=1S/C24H39N3O2/c1-10-20(19-12-13-19)21(17(3)25-11-2)18(4)26-14-15-27(24(8,9)16-26)22(28)29-23(5,6)7/h10-11,19H,2,12-16H2,1,3-9H3/b20-10-,21-18-,25-17?. The molecule has 1 saturated carbocycles. The van der Waals surface area contributed by atoms with E-state index in [0.717, 1.165) is 18.8 Å². The highest BCUT2D eigenvalue weighted by Gasteiger charge is 2.40. The topological polar surface area (TPSA) is 45.1 Å². The fraction of sp³-hybridized carbons (Fsp3) is 0.667. The summed E-state index contributed by atoms with van der Waals surface area (Å²) in [6.07, 6.45) is 6.11. The monoisotopic (exact) mass is 401 g/mol. The lowest BCUT2D eigenvalue weighted by Crippen LogP contribution is -2.61. The maximum Gasteiger partial charge on any atom is 0.410 e. The lowest BCUT2D eigenvalue weighted by atomic mass is 9.93. The van der Waals surface area contributed by atoms with Crippen molar-refractivity contribution in [2.45, 2.75) is 79.4 Å². The summed E-state index contributed by atoms with van der Waals surface area (Å²) in [5.41, 5.74) is 4.03. The third kappa shape index (κ3) is 5.74. The van der Waals surface area contributed by atoms with E-state index in [9.17, 15) is 4.79 Å². The summed E-state index contributed by atoms with van der Waals surface area (Å²) < 4.78 is 5.64. The summed E-state index contributed by atoms with van der Waals surface area (Å²) in [5.74, 6) is 0.635. The number of carbonyl (C=O) groups is 1. The smallest absolute Gasteiger partial charge is 0.410 e. The Morgan fingerprint density at radius 3 is 2.28 bits per heavy atom. The maximum absolute atomic E-state index is 12.7. The van der Waals surface area contributed by atoms with Crippen molar-refractivity contribution in [1.82, 2.24) is 9.80 Å². The number of hydrogen-bond acceptors (Lipinski definition) is 4. The largest absolute Gasteiger partial charge is 0.444 e. The summed E-state index contributed by atoms with van der Waals surface area (Å²) in [6, 6.07) is 0. The molecule has 5 heteroatoms. The van der Waals surface area contributed by atoms with Gasteiger partial charge in [-0.15, -0.1) is 0 Å². The van der Waals surface area contributed by atoms with Gasteiger partial charge >= 0.3 is 6.09 Å². The Kier molecular flexibility index (Phi) is 7.02. The van der Waals surface area contributed by atoms with Gasteiger partial charge in [-0.25, -0.2) is 4.79 Å². The van der Waals surface area contributed by atoms with Crippen molar-refractivity contribution in [2.24, 2.45) is 10.9 Å². The summed E-state index contributed by atoms with van der Waals surface area (Å²) in [5, 5.41) is 0. The van der Waals surface area contributed by atoms with E-state index in [1.165, 1.54) is 29.7 Å². The minimum atomic E-state index is -0.489. The van der Waals surface area contributed by atoms with Crippen LogP contribution in [0, 0.1) is 5.92 Å². The van der Waals surface area contributed by atoms with E-state index >= 15 is 0 Å². The molecule has 0 bridgehead atoms. The van der Waals surface area contributed by atoms with Crippen LogP contribution in [0.2, 0.25) is 0 Å². The quantitative estimate of drug-likeness (QED) is 0.448. The molecular formula is C24H39N3O2. The molecule has 1 amide bonds. The van der Waals surface area contributed by atoms with E-state index in [1.807, 2.05) is 25.7 Å². The average Bonchev–Trinajstić information content (AvgIpc) is 3.41. The first-order valence-electron chi connectivity index (χ1n) is 10.7. The molecular weight excluding hydrogens is 362 g/mol. The van der Waals surface area contributed by atoms with Crippen LogP contribution in [0.15, 0.2) is 40.7 Å². The van der Waals surface area contributed by atoms with Gasteiger partial charge in [-0.2, -0.15) is 0 Å². The molecule has 1 heterocycles. The molecule has 0 spiro atoms. The zero-order valence-electron chi connectivity index (χ0n) is 19.6. The summed E-state index contributed by atoms with van der Waals surface area (Å²) in [7, 11) is 0. The lowest BCUT2D eigenvalue weighted by molar-refractivity contribution is -0.0177. The van der Waals surface area contributed by atoms with Crippen LogP contribution in [0.5, 0.6) is 0 Å². The predicted molar refractivity (Wildman–Crippen MR) is 121 cm³/mol. The third-order valence-electron chi connectivity index (χ3n) is 5.62. The molecule has 0 aromatic rings. The fourth-order valence-corrected chi connectivity index (χ4v) is 4.11. The number of allylic oxidation sites excluding steroid dienone is 4. The first kappa shape index (κ1) is 23.2. The van der Waals surface area contributed by atoms with Gasteiger partial charge in [0, 0.05) is 42.8 Å². The molecule has 5 nitrogen and oxygen atoms in total. The van der Waals surface area contributed by atoms with Crippen molar-refractivity contribution in [1.29, 1.82) is 0 Å². The highest BCUT2D eigenvalue weighted by molar-refractivity contribution is 6.03. The SMILES string of the molecule is C=CN=C(C)C(/C(=C\C)C1CC1)=C(\C)N1CCN(C(=O)OC(C)(C)C)C(C)(C)C1. The molecule has 2 aliphatic rings. The second-order valence-corrected chi connectivity index (χ2v) is 9.74. The number of aliphatic imine (C=N–C) groups is 1. The van der Waals surface area contributed by atoms with Crippen molar-refractivity contribution in [2.75, 3.05) is 19.6 Å². The number of piperazine rings is 1. The molecule has 0 aromatic heterocycles. The van der Waals surface area contributed by atoms with Gasteiger partial charge < -0.3 is 9.64 Å². The Balaban J connectivity index is 2.32. The molecule has 29 heavy (non-hydrogen) atoms. The molecule has 0 aromatic carbocycles. The maximum atomic E-state index is 12.7. The number of rotatable bonds is 5. The van der Waals surface area contributed by atoms with Crippen molar-refractivity contribution < 1.29 is 9.53 Å². The van der Waals surface area contributed by atoms with Crippen LogP contribution in [0.25, 0.3) is 0 Å². The van der Waals surface area contributed by atoms with Crippen LogP contribution in [0.3, 0.4) is 0 Å². The third-order valence-corrected chi connectivity index (χ3v) is 5.62. The molecule has 0 unspecified atom stereocenters. The lowest BCUT2D eigenvalue weighted by Gasteiger charge is -2.48. The Hall–Kier alpha value is -2.04. The van der Waals surface area contributed by atoms with E-state index in [0.29, 0.717) is 12.5 Å². The Bertz CT molecular complexity index is 734. The molecule has 1 saturated heterocycles. The van der Waals surface area contributed by atoms with Gasteiger partial charge in [-0.1, -0.05) is 12.7 Å². The summed E-state index contributed by atoms with van der Waals surface area (Å²) in [6.45, 7) is 22.3. The highest BCUT2D eigenvalue weighted by Crippen LogP contribution is 2.42. The number of hydrogen-bond donors (Lipinski definition) is 0.